The summed E-state index contributed by atoms with van der Waals surface area (Å²) >= 11 is 3.73. The number of hydrogen-bond donors (Lipinski definition) is 0. The number of para-hydroxylation sites is 1. The zero-order chi connectivity index (χ0) is 23.2. The SMILES string of the molecule is CCCC[n+]1c(-c2ccccc2)nnn1C(Br)=Nc1c(-c2ccccc2)cccc1C(C)C. The van der Waals surface area contributed by atoms with Crippen molar-refractivity contribution in [3.05, 3.63) is 84.4 Å². The van der Waals surface area contributed by atoms with E-state index in [4.69, 9.17) is 4.99 Å². The van der Waals surface area contributed by atoms with E-state index in [1.54, 1.807) is 4.80 Å². The lowest BCUT2D eigenvalue weighted by molar-refractivity contribution is -0.758. The van der Waals surface area contributed by atoms with E-state index in [2.05, 4.69) is 106 Å². The molecule has 0 radical (unpaired) electrons. The fraction of sp³-hybridized carbons (Fsp3) is 0.259. The van der Waals surface area contributed by atoms with Crippen molar-refractivity contribution in [2.24, 2.45) is 4.99 Å². The number of benzene rings is 3. The van der Waals surface area contributed by atoms with Crippen molar-refractivity contribution < 1.29 is 4.68 Å². The normalized spacial score (nSPS) is 11.8. The van der Waals surface area contributed by atoms with Crippen LogP contribution in [0.1, 0.15) is 45.1 Å². The van der Waals surface area contributed by atoms with Crippen molar-refractivity contribution in [1.29, 1.82) is 0 Å². The maximum Gasteiger partial charge on any atom is 0.332 e. The number of tetrazole rings is 1. The Kier molecular flexibility index (Phi) is 7.45. The van der Waals surface area contributed by atoms with Crippen LogP contribution in [-0.4, -0.2) is 19.9 Å². The number of aromatic nitrogens is 4. The molecule has 0 amide bonds. The quantitative estimate of drug-likeness (QED) is 0.159. The maximum absolute atomic E-state index is 5.08. The zero-order valence-electron chi connectivity index (χ0n) is 19.3. The molecule has 0 saturated carbocycles. The molecule has 0 spiro atoms. The van der Waals surface area contributed by atoms with E-state index in [-0.39, 0.29) is 0 Å². The van der Waals surface area contributed by atoms with Gasteiger partial charge in [0.1, 0.15) is 5.10 Å². The smallest absolute Gasteiger partial charge is 0.218 e. The first-order chi connectivity index (χ1) is 16.1. The van der Waals surface area contributed by atoms with Crippen molar-refractivity contribution in [2.75, 3.05) is 0 Å². The summed E-state index contributed by atoms with van der Waals surface area (Å²) in [7, 11) is 0. The molecule has 4 rings (SSSR count). The Morgan fingerprint density at radius 1 is 0.939 bits per heavy atom. The lowest BCUT2D eigenvalue weighted by atomic mass is 9.94. The first kappa shape index (κ1) is 23.1. The summed E-state index contributed by atoms with van der Waals surface area (Å²) in [6.07, 6.45) is 2.10. The Balaban J connectivity index is 1.85. The van der Waals surface area contributed by atoms with Crippen LogP contribution in [0.5, 0.6) is 0 Å². The second-order valence-corrected chi connectivity index (χ2v) is 9.00. The molecular formula is C27H29BrN5+. The molecule has 1 aromatic heterocycles. The molecule has 0 unspecified atom stereocenters. The van der Waals surface area contributed by atoms with E-state index >= 15 is 0 Å². The topological polar surface area (TPSA) is 47.0 Å². The summed E-state index contributed by atoms with van der Waals surface area (Å²) in [5, 5.41) is 8.98. The molecule has 4 aromatic rings. The molecule has 0 bridgehead atoms. The van der Waals surface area contributed by atoms with Crippen LogP contribution in [0, 0.1) is 0 Å². The maximum atomic E-state index is 5.08. The van der Waals surface area contributed by atoms with Crippen molar-refractivity contribution in [2.45, 2.75) is 46.1 Å². The molecule has 0 aliphatic carbocycles. The highest BCUT2D eigenvalue weighted by atomic mass is 79.9. The molecule has 33 heavy (non-hydrogen) atoms. The van der Waals surface area contributed by atoms with Gasteiger partial charge in [-0.15, -0.1) is 4.68 Å². The molecule has 0 fully saturated rings. The van der Waals surface area contributed by atoms with Gasteiger partial charge in [-0.25, -0.2) is 4.99 Å². The number of unbranched alkanes of at least 4 members (excludes halogenated alkanes) is 1. The van der Waals surface area contributed by atoms with Crippen LogP contribution in [0.4, 0.5) is 5.69 Å². The van der Waals surface area contributed by atoms with Gasteiger partial charge in [0.25, 0.3) is 0 Å². The molecule has 0 atom stereocenters. The van der Waals surface area contributed by atoms with E-state index in [1.165, 1.54) is 5.56 Å². The highest BCUT2D eigenvalue weighted by Gasteiger charge is 2.25. The van der Waals surface area contributed by atoms with Gasteiger partial charge in [0.15, 0.2) is 5.21 Å². The predicted molar refractivity (Wildman–Crippen MR) is 138 cm³/mol. The van der Waals surface area contributed by atoms with Crippen LogP contribution < -0.4 is 4.68 Å². The molecule has 0 N–H and O–H groups in total. The number of rotatable bonds is 7. The van der Waals surface area contributed by atoms with E-state index in [0.717, 1.165) is 47.6 Å². The van der Waals surface area contributed by atoms with E-state index in [1.807, 2.05) is 24.3 Å². The molecule has 5 nitrogen and oxygen atoms in total. The van der Waals surface area contributed by atoms with Crippen LogP contribution in [0.3, 0.4) is 0 Å². The van der Waals surface area contributed by atoms with Gasteiger partial charge < -0.3 is 0 Å². The van der Waals surface area contributed by atoms with Crippen LogP contribution in [-0.2, 0) is 6.54 Å². The third kappa shape index (κ3) is 5.11. The Labute approximate surface area is 203 Å². The summed E-state index contributed by atoms with van der Waals surface area (Å²) in [5.74, 6) is 1.16. The molecule has 1 heterocycles. The minimum atomic E-state index is 0.329. The van der Waals surface area contributed by atoms with Crippen molar-refractivity contribution in [3.8, 4) is 22.5 Å². The van der Waals surface area contributed by atoms with Gasteiger partial charge >= 0.3 is 5.82 Å². The van der Waals surface area contributed by atoms with Gasteiger partial charge in [0.2, 0.25) is 4.74 Å². The molecule has 168 valence electrons. The second-order valence-electron chi connectivity index (χ2n) is 8.29. The fourth-order valence-corrected chi connectivity index (χ4v) is 4.29. The minimum absolute atomic E-state index is 0.329. The average molecular weight is 503 g/mol. The Morgan fingerprint density at radius 3 is 2.24 bits per heavy atom. The van der Waals surface area contributed by atoms with Gasteiger partial charge in [-0.3, -0.25) is 0 Å². The van der Waals surface area contributed by atoms with Crippen LogP contribution >= 0.6 is 15.9 Å². The standard InChI is InChI=1S/C27H29BrN5/c1-4-5-19-32-26(22-15-10-7-11-16-22)30-31-33(32)27(28)29-25-23(20(2)3)17-12-18-24(25)21-13-8-6-9-14-21/h6-18,20H,4-5,19H2,1-3H3/q+1. The van der Waals surface area contributed by atoms with Crippen molar-refractivity contribution in [3.63, 3.8) is 0 Å². The lowest BCUT2D eigenvalue weighted by Gasteiger charge is -2.14. The summed E-state index contributed by atoms with van der Waals surface area (Å²) in [6, 6.07) is 26.9. The summed E-state index contributed by atoms with van der Waals surface area (Å²) < 4.78 is 2.70. The largest absolute Gasteiger partial charge is 0.332 e. The number of halogens is 1. The molecule has 0 aliphatic rings. The van der Waals surface area contributed by atoms with Gasteiger partial charge in [0.05, 0.1) is 17.8 Å². The van der Waals surface area contributed by atoms with E-state index in [0.29, 0.717) is 10.7 Å². The molecule has 3 aromatic carbocycles. The van der Waals surface area contributed by atoms with Crippen LogP contribution in [0.2, 0.25) is 0 Å². The van der Waals surface area contributed by atoms with Gasteiger partial charge in [-0.1, -0.05) is 93.9 Å². The Hall–Kier alpha value is -3.12. The zero-order valence-corrected chi connectivity index (χ0v) is 20.9. The second kappa shape index (κ2) is 10.7. The Morgan fingerprint density at radius 2 is 1.61 bits per heavy atom. The van der Waals surface area contributed by atoms with Crippen molar-refractivity contribution in [1.82, 2.24) is 15.1 Å². The highest BCUT2D eigenvalue weighted by molar-refractivity contribution is 9.18. The third-order valence-corrected chi connectivity index (χ3v) is 6.09. The molecule has 6 heteroatoms. The monoisotopic (exact) mass is 502 g/mol. The lowest BCUT2D eigenvalue weighted by Crippen LogP contribution is -2.47. The van der Waals surface area contributed by atoms with Crippen molar-refractivity contribution >= 4 is 26.4 Å². The van der Waals surface area contributed by atoms with Crippen LogP contribution in [0.25, 0.3) is 22.5 Å². The minimum Gasteiger partial charge on any atom is -0.218 e. The number of aliphatic imine (C=N–C) groups is 1. The van der Waals surface area contributed by atoms with E-state index < -0.39 is 0 Å². The molecule has 0 aliphatic heterocycles. The summed E-state index contributed by atoms with van der Waals surface area (Å²) in [4.78, 5) is 6.84. The first-order valence-corrected chi connectivity index (χ1v) is 12.2. The first-order valence-electron chi connectivity index (χ1n) is 11.4. The van der Waals surface area contributed by atoms with Gasteiger partial charge in [-0.05, 0) is 51.5 Å². The summed E-state index contributed by atoms with van der Waals surface area (Å²) in [5.41, 5.74) is 5.41. The van der Waals surface area contributed by atoms with E-state index in [9.17, 15) is 0 Å². The van der Waals surface area contributed by atoms with Crippen LogP contribution in [0.15, 0.2) is 83.9 Å². The number of hydrogen-bond acceptors (Lipinski definition) is 3. The molecule has 0 saturated heterocycles. The third-order valence-electron chi connectivity index (χ3n) is 5.60. The number of nitrogens with zero attached hydrogens (tertiary/aromatic N) is 5. The van der Waals surface area contributed by atoms with Gasteiger partial charge in [0, 0.05) is 10.4 Å². The average Bonchev–Trinajstić information content (AvgIpc) is 3.27. The summed E-state index contributed by atoms with van der Waals surface area (Å²) in [6.45, 7) is 7.38. The van der Waals surface area contributed by atoms with Gasteiger partial charge in [-0.2, -0.15) is 0 Å². The predicted octanol–water partition coefficient (Wildman–Crippen LogP) is 6.75. The molecular weight excluding hydrogens is 474 g/mol. The fourth-order valence-electron chi connectivity index (χ4n) is 3.85. The highest BCUT2D eigenvalue weighted by Crippen LogP contribution is 2.37. The Bertz CT molecular complexity index is 1230.